The summed E-state index contributed by atoms with van der Waals surface area (Å²) in [4.78, 5) is 25.2. The van der Waals surface area contributed by atoms with E-state index in [1.165, 1.54) is 0 Å². The number of hydrogen-bond donors (Lipinski definition) is 2. The maximum absolute atomic E-state index is 12.3. The van der Waals surface area contributed by atoms with Crippen LogP contribution in [0.5, 0.6) is 5.75 Å². The van der Waals surface area contributed by atoms with Crippen LogP contribution in [0, 0.1) is 5.92 Å². The highest BCUT2D eigenvalue weighted by atomic mass is 16.5. The molecule has 2 heterocycles. The lowest BCUT2D eigenvalue weighted by Crippen LogP contribution is -2.48. The number of nitrogens with zero attached hydrogens (tertiary/aromatic N) is 1. The highest BCUT2D eigenvalue weighted by molar-refractivity contribution is 5.90. The Balaban J connectivity index is 1.42. The number of hydrogen-bond acceptors (Lipinski definition) is 3. The second-order valence-corrected chi connectivity index (χ2v) is 5.80. The Labute approximate surface area is 129 Å². The maximum atomic E-state index is 12.3. The number of para-hydroxylation sites is 1. The lowest BCUT2D eigenvalue weighted by Gasteiger charge is -2.33. The van der Waals surface area contributed by atoms with Crippen LogP contribution >= 0.6 is 0 Å². The van der Waals surface area contributed by atoms with Crippen LogP contribution in [-0.4, -0.2) is 49.1 Å². The molecule has 1 aromatic carbocycles. The fourth-order valence-electron chi connectivity index (χ4n) is 2.88. The van der Waals surface area contributed by atoms with E-state index >= 15 is 0 Å². The van der Waals surface area contributed by atoms with Crippen molar-refractivity contribution in [1.29, 1.82) is 0 Å². The molecule has 2 saturated heterocycles. The molecule has 1 atom stereocenters. The third-order valence-corrected chi connectivity index (χ3v) is 4.23. The predicted octanol–water partition coefficient (Wildman–Crippen LogP) is 0.985. The van der Waals surface area contributed by atoms with E-state index in [1.807, 2.05) is 35.2 Å². The Hall–Kier alpha value is -2.24. The van der Waals surface area contributed by atoms with Crippen molar-refractivity contribution in [1.82, 2.24) is 15.5 Å². The van der Waals surface area contributed by atoms with E-state index in [-0.39, 0.29) is 11.9 Å². The predicted molar refractivity (Wildman–Crippen MR) is 81.6 cm³/mol. The number of urea groups is 1. The summed E-state index contributed by atoms with van der Waals surface area (Å²) in [5.41, 5.74) is 0. The average Bonchev–Trinajstić information content (AvgIpc) is 3.00. The zero-order valence-electron chi connectivity index (χ0n) is 12.5. The number of ether oxygens (including phenoxy) is 1. The number of benzene rings is 1. The molecular formula is C16H21N3O3. The Morgan fingerprint density at radius 3 is 2.59 bits per heavy atom. The zero-order valence-corrected chi connectivity index (χ0v) is 12.5. The van der Waals surface area contributed by atoms with Gasteiger partial charge in [-0.3, -0.25) is 4.79 Å². The fraction of sp³-hybridized carbons (Fsp3) is 0.500. The molecule has 6 nitrogen and oxygen atoms in total. The van der Waals surface area contributed by atoms with E-state index in [0.717, 1.165) is 31.7 Å². The van der Waals surface area contributed by atoms with Gasteiger partial charge < -0.3 is 20.3 Å². The van der Waals surface area contributed by atoms with Crippen LogP contribution in [0.25, 0.3) is 0 Å². The monoisotopic (exact) mass is 303 g/mol. The molecule has 0 unspecified atom stereocenters. The van der Waals surface area contributed by atoms with Crippen molar-refractivity contribution < 1.29 is 14.3 Å². The van der Waals surface area contributed by atoms with Gasteiger partial charge in [-0.1, -0.05) is 18.2 Å². The van der Waals surface area contributed by atoms with E-state index in [0.29, 0.717) is 19.1 Å². The van der Waals surface area contributed by atoms with Crippen molar-refractivity contribution >= 4 is 11.9 Å². The van der Waals surface area contributed by atoms with Gasteiger partial charge in [-0.05, 0) is 30.9 Å². The quantitative estimate of drug-likeness (QED) is 0.871. The molecule has 3 rings (SSSR count). The van der Waals surface area contributed by atoms with E-state index < -0.39 is 6.04 Å². The number of nitrogens with one attached hydrogen (secondary N) is 2. The molecule has 1 aromatic rings. The SMILES string of the molecule is O=C1NC[C@H](C(=O)N2CCC(COc3ccccc3)CC2)N1. The molecule has 2 N–H and O–H groups in total. The van der Waals surface area contributed by atoms with Crippen LogP contribution in [0.15, 0.2) is 30.3 Å². The number of carbonyl (C=O) groups excluding carboxylic acids is 2. The highest BCUT2D eigenvalue weighted by Gasteiger charge is 2.32. The molecule has 2 aliphatic heterocycles. The van der Waals surface area contributed by atoms with Crippen molar-refractivity contribution in [3.63, 3.8) is 0 Å². The third kappa shape index (κ3) is 3.50. The Bertz CT molecular complexity index is 527. The molecule has 3 amide bonds. The second kappa shape index (κ2) is 6.68. The Kier molecular flexibility index (Phi) is 4.46. The summed E-state index contributed by atoms with van der Waals surface area (Å²) in [7, 11) is 0. The first-order valence-corrected chi connectivity index (χ1v) is 7.73. The number of rotatable bonds is 4. The molecule has 0 bridgehead atoms. The van der Waals surface area contributed by atoms with Crippen molar-refractivity contribution in [2.45, 2.75) is 18.9 Å². The molecule has 0 spiro atoms. The fourth-order valence-corrected chi connectivity index (χ4v) is 2.88. The first kappa shape index (κ1) is 14.7. The summed E-state index contributed by atoms with van der Waals surface area (Å²) in [6.07, 6.45) is 1.87. The number of likely N-dealkylation sites (tertiary alicyclic amines) is 1. The van der Waals surface area contributed by atoms with Gasteiger partial charge in [-0.25, -0.2) is 4.79 Å². The third-order valence-electron chi connectivity index (χ3n) is 4.23. The Morgan fingerprint density at radius 2 is 1.95 bits per heavy atom. The van der Waals surface area contributed by atoms with Gasteiger partial charge in [-0.2, -0.15) is 0 Å². The van der Waals surface area contributed by atoms with Gasteiger partial charge in [0, 0.05) is 19.6 Å². The lowest BCUT2D eigenvalue weighted by atomic mass is 9.97. The van der Waals surface area contributed by atoms with Gasteiger partial charge in [0.25, 0.3) is 0 Å². The minimum Gasteiger partial charge on any atom is -0.493 e. The van der Waals surface area contributed by atoms with Crippen molar-refractivity contribution in [2.75, 3.05) is 26.2 Å². The average molecular weight is 303 g/mol. The molecule has 0 radical (unpaired) electrons. The summed E-state index contributed by atoms with van der Waals surface area (Å²) in [5.74, 6) is 1.38. The molecular weight excluding hydrogens is 282 g/mol. The molecule has 2 fully saturated rings. The first-order valence-electron chi connectivity index (χ1n) is 7.73. The van der Waals surface area contributed by atoms with Crippen LogP contribution in [-0.2, 0) is 4.79 Å². The van der Waals surface area contributed by atoms with Gasteiger partial charge in [-0.15, -0.1) is 0 Å². The summed E-state index contributed by atoms with van der Waals surface area (Å²) < 4.78 is 5.78. The second-order valence-electron chi connectivity index (χ2n) is 5.80. The van der Waals surface area contributed by atoms with Gasteiger partial charge in [0.2, 0.25) is 5.91 Å². The largest absolute Gasteiger partial charge is 0.493 e. The minimum atomic E-state index is -0.412. The molecule has 118 valence electrons. The van der Waals surface area contributed by atoms with Gasteiger partial charge in [0.1, 0.15) is 11.8 Å². The van der Waals surface area contributed by atoms with E-state index in [4.69, 9.17) is 4.74 Å². The minimum absolute atomic E-state index is 0.0146. The first-order chi connectivity index (χ1) is 10.7. The smallest absolute Gasteiger partial charge is 0.315 e. The molecule has 0 saturated carbocycles. The highest BCUT2D eigenvalue weighted by Crippen LogP contribution is 2.20. The summed E-state index contributed by atoms with van der Waals surface area (Å²) in [6.45, 7) is 2.53. The van der Waals surface area contributed by atoms with Crippen LogP contribution in [0.2, 0.25) is 0 Å². The van der Waals surface area contributed by atoms with Crippen molar-refractivity contribution in [3.05, 3.63) is 30.3 Å². The van der Waals surface area contributed by atoms with E-state index in [1.54, 1.807) is 0 Å². The van der Waals surface area contributed by atoms with Crippen LogP contribution in [0.1, 0.15) is 12.8 Å². The Morgan fingerprint density at radius 1 is 1.23 bits per heavy atom. The molecule has 0 aliphatic carbocycles. The summed E-state index contributed by atoms with van der Waals surface area (Å²) >= 11 is 0. The summed E-state index contributed by atoms with van der Waals surface area (Å²) in [5, 5.41) is 5.26. The van der Waals surface area contributed by atoms with Crippen LogP contribution < -0.4 is 15.4 Å². The van der Waals surface area contributed by atoms with E-state index in [2.05, 4.69) is 10.6 Å². The van der Waals surface area contributed by atoms with Crippen molar-refractivity contribution in [3.8, 4) is 5.75 Å². The lowest BCUT2D eigenvalue weighted by molar-refractivity contribution is -0.134. The zero-order chi connectivity index (χ0) is 15.4. The molecule has 22 heavy (non-hydrogen) atoms. The van der Waals surface area contributed by atoms with E-state index in [9.17, 15) is 9.59 Å². The van der Waals surface area contributed by atoms with Gasteiger partial charge >= 0.3 is 6.03 Å². The number of amides is 3. The normalized spacial score (nSPS) is 22.1. The molecule has 2 aliphatic rings. The maximum Gasteiger partial charge on any atom is 0.315 e. The van der Waals surface area contributed by atoms with Gasteiger partial charge in [0.05, 0.1) is 6.61 Å². The molecule has 0 aromatic heterocycles. The topological polar surface area (TPSA) is 70.7 Å². The number of carbonyl (C=O) groups is 2. The van der Waals surface area contributed by atoms with Crippen LogP contribution in [0.4, 0.5) is 4.79 Å². The van der Waals surface area contributed by atoms with Gasteiger partial charge in [0.15, 0.2) is 0 Å². The molecule has 6 heteroatoms. The number of piperidine rings is 1. The summed E-state index contributed by atoms with van der Waals surface area (Å²) in [6, 6.07) is 9.12. The van der Waals surface area contributed by atoms with Crippen LogP contribution in [0.3, 0.4) is 0 Å². The standard InChI is InChI=1S/C16H21N3O3/c20-15(14-10-17-16(21)18-14)19-8-6-12(7-9-19)11-22-13-4-2-1-3-5-13/h1-5,12,14H,6-11H2,(H2,17,18,21)/t14-/m1/s1. The van der Waals surface area contributed by atoms with Crippen molar-refractivity contribution in [2.24, 2.45) is 5.92 Å².